The highest BCUT2D eigenvalue weighted by Gasteiger charge is 2.15. The Morgan fingerprint density at radius 1 is 1.05 bits per heavy atom. The number of rotatable bonds is 4. The molecule has 0 saturated heterocycles. The lowest BCUT2D eigenvalue weighted by Gasteiger charge is -2.08. The van der Waals surface area contributed by atoms with E-state index in [1.165, 1.54) is 24.3 Å². The molecule has 2 rings (SSSR count). The lowest BCUT2D eigenvalue weighted by molar-refractivity contribution is 0.584. The molecule has 7 heteroatoms. The largest absolute Gasteiger partial charge is 0.279 e. The SMILES string of the molecule is N#CCc1ccc(S(=O)(=O)Nc2cc(F)cc(F)c2)cc1. The lowest BCUT2D eigenvalue weighted by atomic mass is 10.2. The number of sulfonamides is 1. The van der Waals surface area contributed by atoms with Crippen LogP contribution in [0.1, 0.15) is 5.56 Å². The molecular formula is C14H10F2N2O2S. The van der Waals surface area contributed by atoms with Crippen LogP contribution in [0.4, 0.5) is 14.5 Å². The monoisotopic (exact) mass is 308 g/mol. The van der Waals surface area contributed by atoms with Crippen LogP contribution in [0, 0.1) is 23.0 Å². The summed E-state index contributed by atoms with van der Waals surface area (Å²) in [6.07, 6.45) is 0.170. The highest BCUT2D eigenvalue weighted by Crippen LogP contribution is 2.19. The van der Waals surface area contributed by atoms with E-state index in [9.17, 15) is 17.2 Å². The van der Waals surface area contributed by atoms with Gasteiger partial charge in [-0.1, -0.05) is 12.1 Å². The van der Waals surface area contributed by atoms with E-state index in [-0.39, 0.29) is 17.0 Å². The maximum absolute atomic E-state index is 13.0. The van der Waals surface area contributed by atoms with Crippen molar-refractivity contribution in [3.05, 3.63) is 59.7 Å². The van der Waals surface area contributed by atoms with Crippen LogP contribution < -0.4 is 4.72 Å². The van der Waals surface area contributed by atoms with Crippen molar-refractivity contribution in [1.29, 1.82) is 5.26 Å². The van der Waals surface area contributed by atoms with E-state index in [4.69, 9.17) is 5.26 Å². The first-order chi connectivity index (χ1) is 9.90. The average Bonchev–Trinajstić information content (AvgIpc) is 2.38. The van der Waals surface area contributed by atoms with Crippen LogP contribution in [0.3, 0.4) is 0 Å². The van der Waals surface area contributed by atoms with Crippen LogP contribution in [0.15, 0.2) is 47.4 Å². The molecule has 0 aromatic heterocycles. The van der Waals surface area contributed by atoms with Crippen molar-refractivity contribution in [3.63, 3.8) is 0 Å². The molecule has 0 heterocycles. The molecule has 1 N–H and O–H groups in total. The summed E-state index contributed by atoms with van der Waals surface area (Å²) in [5.41, 5.74) is 0.474. The van der Waals surface area contributed by atoms with E-state index in [0.29, 0.717) is 11.6 Å². The summed E-state index contributed by atoms with van der Waals surface area (Å²) in [4.78, 5) is -0.0612. The van der Waals surface area contributed by atoms with Crippen molar-refractivity contribution in [1.82, 2.24) is 0 Å². The molecule has 0 spiro atoms. The van der Waals surface area contributed by atoms with E-state index in [1.807, 2.05) is 6.07 Å². The maximum Gasteiger partial charge on any atom is 0.261 e. The summed E-state index contributed by atoms with van der Waals surface area (Å²) in [6, 6.07) is 10.0. The standard InChI is InChI=1S/C14H10F2N2O2S/c15-11-7-12(16)9-13(8-11)18-21(19,20)14-3-1-10(2-4-14)5-6-17/h1-4,7-9,18H,5H2. The number of benzene rings is 2. The fourth-order valence-corrected chi connectivity index (χ4v) is 2.74. The van der Waals surface area contributed by atoms with Gasteiger partial charge in [-0.25, -0.2) is 17.2 Å². The molecule has 0 aliphatic carbocycles. The molecule has 4 nitrogen and oxygen atoms in total. The van der Waals surface area contributed by atoms with Crippen molar-refractivity contribution in [2.75, 3.05) is 4.72 Å². The molecule has 108 valence electrons. The molecule has 0 bridgehead atoms. The summed E-state index contributed by atoms with van der Waals surface area (Å²) >= 11 is 0. The van der Waals surface area contributed by atoms with Gasteiger partial charge in [-0.3, -0.25) is 4.72 Å². The minimum Gasteiger partial charge on any atom is -0.279 e. The highest BCUT2D eigenvalue weighted by atomic mass is 32.2. The molecule has 0 aliphatic heterocycles. The Morgan fingerprint density at radius 2 is 1.62 bits per heavy atom. The molecule has 21 heavy (non-hydrogen) atoms. The summed E-state index contributed by atoms with van der Waals surface area (Å²) in [5, 5.41) is 8.54. The molecule has 2 aromatic rings. The summed E-state index contributed by atoms with van der Waals surface area (Å²) in [7, 11) is -3.94. The molecule has 0 saturated carbocycles. The van der Waals surface area contributed by atoms with Gasteiger partial charge in [0.05, 0.1) is 23.1 Å². The zero-order valence-electron chi connectivity index (χ0n) is 10.7. The number of hydrogen-bond donors (Lipinski definition) is 1. The molecule has 0 radical (unpaired) electrons. The third kappa shape index (κ3) is 3.77. The van der Waals surface area contributed by atoms with Gasteiger partial charge in [0, 0.05) is 6.07 Å². The molecule has 0 atom stereocenters. The van der Waals surface area contributed by atoms with E-state index < -0.39 is 21.7 Å². The first kappa shape index (κ1) is 14.9. The van der Waals surface area contributed by atoms with Gasteiger partial charge in [0.2, 0.25) is 0 Å². The molecular weight excluding hydrogens is 298 g/mol. The Balaban J connectivity index is 2.27. The second kappa shape index (κ2) is 5.89. The van der Waals surface area contributed by atoms with Gasteiger partial charge in [0.25, 0.3) is 10.0 Å². The number of halogens is 2. The van der Waals surface area contributed by atoms with Crippen LogP contribution in [-0.4, -0.2) is 8.42 Å². The Hall–Kier alpha value is -2.46. The van der Waals surface area contributed by atoms with Gasteiger partial charge < -0.3 is 0 Å². The smallest absolute Gasteiger partial charge is 0.261 e. The summed E-state index contributed by atoms with van der Waals surface area (Å²) in [6.45, 7) is 0. The topological polar surface area (TPSA) is 70.0 Å². The fourth-order valence-electron chi connectivity index (χ4n) is 1.70. The molecule has 2 aromatic carbocycles. The van der Waals surface area contributed by atoms with E-state index >= 15 is 0 Å². The Morgan fingerprint density at radius 3 is 2.14 bits per heavy atom. The van der Waals surface area contributed by atoms with Crippen molar-refractivity contribution in [2.45, 2.75) is 11.3 Å². The fraction of sp³-hybridized carbons (Fsp3) is 0.0714. The van der Waals surface area contributed by atoms with Crippen LogP contribution in [-0.2, 0) is 16.4 Å². The Kier molecular flexibility index (Phi) is 4.19. The van der Waals surface area contributed by atoms with Crippen molar-refractivity contribution in [2.24, 2.45) is 0 Å². The Labute approximate surface area is 120 Å². The van der Waals surface area contributed by atoms with E-state index in [2.05, 4.69) is 4.72 Å². The zero-order chi connectivity index (χ0) is 15.5. The second-order valence-electron chi connectivity index (χ2n) is 4.24. The minimum absolute atomic E-state index is 0.0612. The Bertz CT molecular complexity index is 776. The van der Waals surface area contributed by atoms with Gasteiger partial charge in [-0.2, -0.15) is 5.26 Å². The predicted octanol–water partition coefficient (Wildman–Crippen LogP) is 2.83. The molecule has 0 unspecified atom stereocenters. The first-order valence-electron chi connectivity index (χ1n) is 5.85. The summed E-state index contributed by atoms with van der Waals surface area (Å²) in [5.74, 6) is -1.76. The van der Waals surface area contributed by atoms with Crippen molar-refractivity contribution >= 4 is 15.7 Å². The minimum atomic E-state index is -3.94. The van der Waals surface area contributed by atoms with Crippen LogP contribution in [0.5, 0.6) is 0 Å². The van der Waals surface area contributed by atoms with Gasteiger partial charge >= 0.3 is 0 Å². The third-order valence-corrected chi connectivity index (χ3v) is 4.03. The third-order valence-electron chi connectivity index (χ3n) is 2.63. The van der Waals surface area contributed by atoms with E-state index in [1.54, 1.807) is 0 Å². The van der Waals surface area contributed by atoms with Crippen LogP contribution in [0.2, 0.25) is 0 Å². The summed E-state index contributed by atoms with van der Waals surface area (Å²) < 4.78 is 52.3. The molecule has 0 amide bonds. The molecule has 0 aliphatic rings. The number of nitriles is 1. The maximum atomic E-state index is 13.0. The highest BCUT2D eigenvalue weighted by molar-refractivity contribution is 7.92. The normalized spacial score (nSPS) is 10.9. The van der Waals surface area contributed by atoms with Crippen LogP contribution >= 0.6 is 0 Å². The number of anilines is 1. The van der Waals surface area contributed by atoms with Crippen LogP contribution in [0.25, 0.3) is 0 Å². The zero-order valence-corrected chi connectivity index (χ0v) is 11.5. The second-order valence-corrected chi connectivity index (χ2v) is 5.92. The molecule has 0 fully saturated rings. The quantitative estimate of drug-likeness (QED) is 0.944. The van der Waals surface area contributed by atoms with Crippen molar-refractivity contribution in [3.8, 4) is 6.07 Å². The van der Waals surface area contributed by atoms with Gasteiger partial charge in [0.1, 0.15) is 11.6 Å². The number of nitrogens with zero attached hydrogens (tertiary/aromatic N) is 1. The lowest BCUT2D eigenvalue weighted by Crippen LogP contribution is -2.13. The van der Waals surface area contributed by atoms with Crippen molar-refractivity contribution < 1.29 is 17.2 Å². The average molecular weight is 308 g/mol. The predicted molar refractivity (Wildman–Crippen MR) is 72.9 cm³/mol. The van der Waals surface area contributed by atoms with Gasteiger partial charge in [0.15, 0.2) is 0 Å². The first-order valence-corrected chi connectivity index (χ1v) is 7.34. The number of hydrogen-bond acceptors (Lipinski definition) is 3. The van der Waals surface area contributed by atoms with E-state index in [0.717, 1.165) is 12.1 Å². The van der Waals surface area contributed by atoms with Gasteiger partial charge in [-0.15, -0.1) is 0 Å². The number of nitrogens with one attached hydrogen (secondary N) is 1. The van der Waals surface area contributed by atoms with Gasteiger partial charge in [-0.05, 0) is 29.8 Å².